The second-order valence-corrected chi connectivity index (χ2v) is 14.1. The van der Waals surface area contributed by atoms with Gasteiger partial charge in [-0.3, -0.25) is 0 Å². The zero-order valence-electron chi connectivity index (χ0n) is 30.2. The molecular formula is C51H32N4O. The van der Waals surface area contributed by atoms with Crippen LogP contribution in [-0.2, 0) is 0 Å². The SMILES string of the molecule is c1ccc(-c2ccc3c4ccc(-c5ccccc5)cc4n(-c4ccc5c(c4)oc4cc(-c6nc(-c7ccccc7)nc(-c7ccccc7)n6)ccc45)c3c2)cc1. The summed E-state index contributed by atoms with van der Waals surface area (Å²) in [5, 5.41) is 4.50. The molecule has 0 N–H and O–H groups in total. The molecule has 0 aliphatic rings. The number of benzene rings is 8. The van der Waals surface area contributed by atoms with Crippen LogP contribution in [0.15, 0.2) is 199 Å². The minimum Gasteiger partial charge on any atom is -0.456 e. The van der Waals surface area contributed by atoms with Gasteiger partial charge in [0.15, 0.2) is 17.5 Å². The summed E-state index contributed by atoms with van der Waals surface area (Å²) in [6, 6.07) is 67.6. The molecule has 11 rings (SSSR count). The van der Waals surface area contributed by atoms with Gasteiger partial charge in [0.2, 0.25) is 0 Å². The van der Waals surface area contributed by atoms with E-state index in [1.54, 1.807) is 0 Å². The normalized spacial score (nSPS) is 11.6. The summed E-state index contributed by atoms with van der Waals surface area (Å²) in [5.41, 5.74) is 12.3. The van der Waals surface area contributed by atoms with Gasteiger partial charge in [0, 0.05) is 50.0 Å². The predicted octanol–water partition coefficient (Wildman–Crippen LogP) is 13.2. The Kier molecular flexibility index (Phi) is 7.42. The molecule has 0 spiro atoms. The Hall–Kier alpha value is -7.63. The summed E-state index contributed by atoms with van der Waals surface area (Å²) in [6.07, 6.45) is 0. The lowest BCUT2D eigenvalue weighted by molar-refractivity contribution is 0.668. The van der Waals surface area contributed by atoms with Crippen LogP contribution < -0.4 is 0 Å². The molecule has 0 radical (unpaired) electrons. The van der Waals surface area contributed by atoms with Crippen molar-refractivity contribution in [3.05, 3.63) is 194 Å². The van der Waals surface area contributed by atoms with E-state index in [0.29, 0.717) is 17.5 Å². The Morgan fingerprint density at radius 3 is 1.20 bits per heavy atom. The van der Waals surface area contributed by atoms with Crippen molar-refractivity contribution >= 4 is 43.7 Å². The number of hydrogen-bond donors (Lipinski definition) is 0. The largest absolute Gasteiger partial charge is 0.456 e. The summed E-state index contributed by atoms with van der Waals surface area (Å²) < 4.78 is 9.09. The summed E-state index contributed by atoms with van der Waals surface area (Å²) in [4.78, 5) is 14.8. The van der Waals surface area contributed by atoms with E-state index >= 15 is 0 Å². The van der Waals surface area contributed by atoms with E-state index < -0.39 is 0 Å². The fourth-order valence-electron chi connectivity index (χ4n) is 7.90. The highest BCUT2D eigenvalue weighted by Crippen LogP contribution is 2.39. The fraction of sp³-hybridized carbons (Fsp3) is 0. The van der Waals surface area contributed by atoms with Gasteiger partial charge in [-0.05, 0) is 58.7 Å². The highest BCUT2D eigenvalue weighted by Gasteiger charge is 2.18. The summed E-state index contributed by atoms with van der Waals surface area (Å²) in [6.45, 7) is 0. The Labute approximate surface area is 322 Å². The van der Waals surface area contributed by atoms with E-state index in [0.717, 1.165) is 55.3 Å². The highest BCUT2D eigenvalue weighted by atomic mass is 16.3. The Morgan fingerprint density at radius 2 is 0.696 bits per heavy atom. The first kappa shape index (κ1) is 31.9. The molecule has 5 heteroatoms. The van der Waals surface area contributed by atoms with Crippen LogP contribution in [0.3, 0.4) is 0 Å². The van der Waals surface area contributed by atoms with Crippen molar-refractivity contribution in [2.45, 2.75) is 0 Å². The van der Waals surface area contributed by atoms with Gasteiger partial charge in [0.05, 0.1) is 11.0 Å². The average Bonchev–Trinajstić information content (AvgIpc) is 3.81. The first-order valence-corrected chi connectivity index (χ1v) is 18.8. The van der Waals surface area contributed by atoms with Crippen molar-refractivity contribution in [1.29, 1.82) is 0 Å². The second-order valence-electron chi connectivity index (χ2n) is 14.1. The van der Waals surface area contributed by atoms with Crippen LogP contribution in [0.5, 0.6) is 0 Å². The molecule has 8 aromatic carbocycles. The van der Waals surface area contributed by atoms with Crippen molar-refractivity contribution in [2.24, 2.45) is 0 Å². The zero-order chi connectivity index (χ0) is 37.0. The predicted molar refractivity (Wildman–Crippen MR) is 229 cm³/mol. The summed E-state index contributed by atoms with van der Waals surface area (Å²) in [7, 11) is 0. The molecule has 3 heterocycles. The molecule has 0 fully saturated rings. The number of furan rings is 1. The summed E-state index contributed by atoms with van der Waals surface area (Å²) >= 11 is 0. The van der Waals surface area contributed by atoms with Gasteiger partial charge in [-0.15, -0.1) is 0 Å². The maximum absolute atomic E-state index is 6.71. The Balaban J connectivity index is 1.07. The first-order valence-electron chi connectivity index (χ1n) is 18.8. The van der Waals surface area contributed by atoms with Gasteiger partial charge >= 0.3 is 0 Å². The standard InChI is InChI=1S/C51H32N4O/c1-5-13-33(14-6-1)37-21-25-41-42-26-22-38(34-15-7-2-8-16-34)30-46(42)55(45(41)29-37)40-24-28-44-43-27-23-39(31-47(43)56-48(44)32-40)51-53-49(35-17-9-3-10-18-35)52-50(54-51)36-19-11-4-12-20-36/h1-32H. The van der Waals surface area contributed by atoms with Gasteiger partial charge in [0.1, 0.15) is 11.2 Å². The highest BCUT2D eigenvalue weighted by molar-refractivity contribution is 6.12. The molecule has 0 saturated carbocycles. The molecule has 56 heavy (non-hydrogen) atoms. The van der Waals surface area contributed by atoms with Gasteiger partial charge < -0.3 is 8.98 Å². The maximum Gasteiger partial charge on any atom is 0.164 e. The van der Waals surface area contributed by atoms with E-state index in [2.05, 4.69) is 132 Å². The lowest BCUT2D eigenvalue weighted by atomic mass is 10.0. The van der Waals surface area contributed by atoms with Crippen molar-refractivity contribution in [1.82, 2.24) is 19.5 Å². The van der Waals surface area contributed by atoms with E-state index in [4.69, 9.17) is 19.4 Å². The minimum atomic E-state index is 0.592. The zero-order valence-corrected chi connectivity index (χ0v) is 30.2. The molecule has 0 atom stereocenters. The number of nitrogens with zero attached hydrogens (tertiary/aromatic N) is 4. The van der Waals surface area contributed by atoms with Gasteiger partial charge in [0.25, 0.3) is 0 Å². The van der Waals surface area contributed by atoms with Crippen LogP contribution >= 0.6 is 0 Å². The molecule has 5 nitrogen and oxygen atoms in total. The van der Waals surface area contributed by atoms with Crippen LogP contribution in [0.25, 0.3) is 106 Å². The molecule has 3 aromatic heterocycles. The van der Waals surface area contributed by atoms with Gasteiger partial charge in [-0.2, -0.15) is 0 Å². The smallest absolute Gasteiger partial charge is 0.164 e. The number of hydrogen-bond acceptors (Lipinski definition) is 4. The third-order valence-corrected chi connectivity index (χ3v) is 10.7. The van der Waals surface area contributed by atoms with Crippen LogP contribution in [0, 0.1) is 0 Å². The first-order chi connectivity index (χ1) is 27.7. The maximum atomic E-state index is 6.71. The topological polar surface area (TPSA) is 56.7 Å². The molecule has 262 valence electrons. The Bertz CT molecular complexity index is 3070. The van der Waals surface area contributed by atoms with E-state index in [9.17, 15) is 0 Å². The summed E-state index contributed by atoms with van der Waals surface area (Å²) in [5.74, 6) is 1.84. The second kappa shape index (κ2) is 13.0. The third kappa shape index (κ3) is 5.45. The van der Waals surface area contributed by atoms with Crippen LogP contribution in [0.4, 0.5) is 0 Å². The van der Waals surface area contributed by atoms with Crippen molar-refractivity contribution < 1.29 is 4.42 Å². The molecule has 0 unspecified atom stereocenters. The van der Waals surface area contributed by atoms with E-state index in [-0.39, 0.29) is 0 Å². The van der Waals surface area contributed by atoms with Crippen LogP contribution in [0.1, 0.15) is 0 Å². The number of fused-ring (bicyclic) bond motifs is 6. The monoisotopic (exact) mass is 716 g/mol. The van der Waals surface area contributed by atoms with E-state index in [1.165, 1.54) is 33.0 Å². The third-order valence-electron chi connectivity index (χ3n) is 10.7. The molecule has 11 aromatic rings. The molecule has 0 bridgehead atoms. The van der Waals surface area contributed by atoms with Crippen molar-refractivity contribution in [2.75, 3.05) is 0 Å². The lowest BCUT2D eigenvalue weighted by Crippen LogP contribution is -2.00. The van der Waals surface area contributed by atoms with Crippen molar-refractivity contribution in [3.8, 4) is 62.1 Å². The number of rotatable bonds is 6. The average molecular weight is 717 g/mol. The fourth-order valence-corrected chi connectivity index (χ4v) is 7.90. The lowest BCUT2D eigenvalue weighted by Gasteiger charge is -2.10. The van der Waals surface area contributed by atoms with Crippen LogP contribution in [-0.4, -0.2) is 19.5 Å². The van der Waals surface area contributed by atoms with Gasteiger partial charge in [-0.25, -0.2) is 15.0 Å². The van der Waals surface area contributed by atoms with Crippen LogP contribution in [0.2, 0.25) is 0 Å². The molecule has 0 aliphatic carbocycles. The van der Waals surface area contributed by atoms with Gasteiger partial charge in [-0.1, -0.05) is 152 Å². The molecule has 0 saturated heterocycles. The molecule has 0 amide bonds. The van der Waals surface area contributed by atoms with E-state index in [1.807, 2.05) is 66.7 Å². The van der Waals surface area contributed by atoms with Crippen molar-refractivity contribution in [3.63, 3.8) is 0 Å². The minimum absolute atomic E-state index is 0.592. The number of aromatic nitrogens is 4. The molecular weight excluding hydrogens is 685 g/mol. The quantitative estimate of drug-likeness (QED) is 0.172. The Morgan fingerprint density at radius 1 is 0.304 bits per heavy atom. The molecule has 0 aliphatic heterocycles.